The molecule has 0 atom stereocenters. The molecule has 2 aromatic heterocycles. The fraction of sp³-hybridized carbons (Fsp3) is 0.273. The molecule has 4 nitrogen and oxygen atoms in total. The number of fused-ring (bicyclic) bond motifs is 1. The number of aryl methyl sites for hydroxylation is 2. The van der Waals surface area contributed by atoms with E-state index in [-0.39, 0.29) is 5.82 Å². The molecular weight excluding hydrogens is 247 g/mol. The summed E-state index contributed by atoms with van der Waals surface area (Å²) in [4.78, 5) is 14.8. The number of nitrogens with zero attached hydrogens (tertiary/aromatic N) is 2. The molecule has 2 heterocycles. The van der Waals surface area contributed by atoms with E-state index in [1.807, 2.05) is 6.92 Å². The summed E-state index contributed by atoms with van der Waals surface area (Å²) >= 11 is 0. The maximum atomic E-state index is 12.1. The van der Waals surface area contributed by atoms with E-state index >= 15 is 0 Å². The predicted molar refractivity (Wildman–Crippen MR) is 59.4 cm³/mol. The van der Waals surface area contributed by atoms with Gasteiger partial charge in [-0.1, -0.05) is 6.07 Å². The van der Waals surface area contributed by atoms with E-state index in [0.29, 0.717) is 11.3 Å². The third-order valence-corrected chi connectivity index (χ3v) is 2.49. The van der Waals surface area contributed by atoms with Crippen molar-refractivity contribution >= 4 is 17.4 Å². The lowest BCUT2D eigenvalue weighted by Crippen LogP contribution is -2.30. The molecule has 0 spiro atoms. The van der Waals surface area contributed by atoms with Crippen LogP contribution in [0.25, 0.3) is 5.65 Å². The Morgan fingerprint density at radius 3 is 2.61 bits per heavy atom. The molecule has 0 aromatic carbocycles. The van der Waals surface area contributed by atoms with Crippen LogP contribution in [0.1, 0.15) is 11.3 Å². The molecule has 0 aliphatic rings. The van der Waals surface area contributed by atoms with Gasteiger partial charge < -0.3 is 9.72 Å². The molecule has 0 saturated carbocycles. The van der Waals surface area contributed by atoms with Crippen molar-refractivity contribution in [2.75, 3.05) is 5.32 Å². The summed E-state index contributed by atoms with van der Waals surface area (Å²) in [5.41, 5.74) is 1.87. The molecule has 0 fully saturated rings. The maximum absolute atomic E-state index is 12.1. The van der Waals surface area contributed by atoms with Crippen molar-refractivity contribution in [1.29, 1.82) is 0 Å². The number of alkyl halides is 3. The Kier molecular flexibility index (Phi) is 2.76. The first-order valence-corrected chi connectivity index (χ1v) is 5.12. The highest BCUT2D eigenvalue weighted by atomic mass is 19.4. The van der Waals surface area contributed by atoms with Crippen LogP contribution >= 0.6 is 0 Å². The molecule has 2 aromatic rings. The van der Waals surface area contributed by atoms with Crippen LogP contribution in [0.2, 0.25) is 0 Å². The SMILES string of the molecule is Cc1ccc2nc(NC(=O)C(F)(F)F)c(C)n2c1. The average molecular weight is 257 g/mol. The first-order valence-electron chi connectivity index (χ1n) is 5.12. The monoisotopic (exact) mass is 257 g/mol. The molecule has 2 rings (SSSR count). The van der Waals surface area contributed by atoms with Gasteiger partial charge in [0.05, 0.1) is 5.69 Å². The van der Waals surface area contributed by atoms with Gasteiger partial charge in [0.15, 0.2) is 5.82 Å². The summed E-state index contributed by atoms with van der Waals surface area (Å²) in [7, 11) is 0. The van der Waals surface area contributed by atoms with Crippen LogP contribution < -0.4 is 5.32 Å². The molecule has 0 aliphatic heterocycles. The molecule has 1 N–H and O–H groups in total. The lowest BCUT2D eigenvalue weighted by Gasteiger charge is -2.05. The highest BCUT2D eigenvalue weighted by molar-refractivity contribution is 5.94. The van der Waals surface area contributed by atoms with Gasteiger partial charge >= 0.3 is 12.1 Å². The van der Waals surface area contributed by atoms with Gasteiger partial charge in [-0.3, -0.25) is 4.79 Å². The van der Waals surface area contributed by atoms with E-state index in [1.54, 1.807) is 35.0 Å². The minimum Gasteiger partial charge on any atom is -0.302 e. The molecule has 96 valence electrons. The molecular formula is C11H10F3N3O. The second-order valence-electron chi connectivity index (χ2n) is 3.93. The molecule has 1 amide bonds. The number of rotatable bonds is 1. The number of anilines is 1. The molecule has 0 radical (unpaired) electrons. The summed E-state index contributed by atoms with van der Waals surface area (Å²) in [6.45, 7) is 3.44. The largest absolute Gasteiger partial charge is 0.471 e. The molecule has 0 bridgehead atoms. The number of aromatic nitrogens is 2. The highest BCUT2D eigenvalue weighted by Crippen LogP contribution is 2.21. The Labute approximate surface area is 100 Å². The standard InChI is InChI=1S/C11H10F3N3O/c1-6-3-4-8-15-9(7(2)17(8)5-6)16-10(18)11(12,13)14/h3-5H,1-2H3,(H,16,18). The smallest absolute Gasteiger partial charge is 0.302 e. The van der Waals surface area contributed by atoms with Gasteiger partial charge in [-0.15, -0.1) is 0 Å². The van der Waals surface area contributed by atoms with Crippen molar-refractivity contribution in [3.05, 3.63) is 29.6 Å². The zero-order chi connectivity index (χ0) is 13.5. The van der Waals surface area contributed by atoms with Crippen molar-refractivity contribution in [3.63, 3.8) is 0 Å². The quantitative estimate of drug-likeness (QED) is 0.853. The number of imidazole rings is 1. The van der Waals surface area contributed by atoms with E-state index in [2.05, 4.69) is 4.98 Å². The topological polar surface area (TPSA) is 46.4 Å². The van der Waals surface area contributed by atoms with Gasteiger partial charge in [0.1, 0.15) is 5.65 Å². The Morgan fingerprint density at radius 1 is 1.33 bits per heavy atom. The minimum atomic E-state index is -4.92. The maximum Gasteiger partial charge on any atom is 0.471 e. The Balaban J connectivity index is 2.41. The van der Waals surface area contributed by atoms with Crippen molar-refractivity contribution in [2.45, 2.75) is 20.0 Å². The van der Waals surface area contributed by atoms with Gasteiger partial charge in [-0.05, 0) is 25.5 Å². The summed E-state index contributed by atoms with van der Waals surface area (Å²) in [6.07, 6.45) is -3.18. The van der Waals surface area contributed by atoms with Crippen LogP contribution in [-0.2, 0) is 4.79 Å². The Bertz CT molecular complexity index is 616. The third kappa shape index (κ3) is 2.15. The Hall–Kier alpha value is -2.05. The fourth-order valence-corrected chi connectivity index (χ4v) is 1.57. The number of pyridine rings is 1. The zero-order valence-electron chi connectivity index (χ0n) is 9.67. The van der Waals surface area contributed by atoms with Crippen LogP contribution in [0.5, 0.6) is 0 Å². The van der Waals surface area contributed by atoms with Crippen LogP contribution in [0, 0.1) is 13.8 Å². The van der Waals surface area contributed by atoms with Gasteiger partial charge in [-0.25, -0.2) is 4.98 Å². The fourth-order valence-electron chi connectivity index (χ4n) is 1.57. The summed E-state index contributed by atoms with van der Waals surface area (Å²) in [6, 6.07) is 3.46. The van der Waals surface area contributed by atoms with E-state index in [0.717, 1.165) is 5.56 Å². The van der Waals surface area contributed by atoms with Gasteiger partial charge in [0.2, 0.25) is 0 Å². The first-order chi connectivity index (χ1) is 8.29. The second-order valence-corrected chi connectivity index (χ2v) is 3.93. The van der Waals surface area contributed by atoms with Crippen molar-refractivity contribution in [3.8, 4) is 0 Å². The number of amides is 1. The third-order valence-electron chi connectivity index (χ3n) is 2.49. The predicted octanol–water partition coefficient (Wildman–Crippen LogP) is 2.45. The van der Waals surface area contributed by atoms with E-state index in [4.69, 9.17) is 0 Å². The van der Waals surface area contributed by atoms with Crippen LogP contribution in [-0.4, -0.2) is 21.5 Å². The zero-order valence-corrected chi connectivity index (χ0v) is 9.67. The summed E-state index contributed by atoms with van der Waals surface area (Å²) in [5.74, 6) is -2.10. The number of hydrogen-bond acceptors (Lipinski definition) is 2. The Morgan fingerprint density at radius 2 is 2.00 bits per heavy atom. The van der Waals surface area contributed by atoms with Gasteiger partial charge in [-0.2, -0.15) is 13.2 Å². The van der Waals surface area contributed by atoms with E-state index < -0.39 is 12.1 Å². The second kappa shape index (κ2) is 4.01. The molecule has 7 heteroatoms. The number of hydrogen-bond donors (Lipinski definition) is 1. The van der Waals surface area contributed by atoms with Crippen LogP contribution in [0.4, 0.5) is 19.0 Å². The first kappa shape index (κ1) is 12.4. The number of carbonyl (C=O) groups is 1. The van der Waals surface area contributed by atoms with E-state index in [1.165, 1.54) is 0 Å². The normalized spacial score (nSPS) is 11.8. The van der Waals surface area contributed by atoms with Gasteiger partial charge in [0, 0.05) is 6.20 Å². The van der Waals surface area contributed by atoms with Crippen molar-refractivity contribution in [2.24, 2.45) is 0 Å². The van der Waals surface area contributed by atoms with Crippen LogP contribution in [0.3, 0.4) is 0 Å². The minimum absolute atomic E-state index is 0.0806. The molecule has 0 aliphatic carbocycles. The molecule has 18 heavy (non-hydrogen) atoms. The van der Waals surface area contributed by atoms with Gasteiger partial charge in [0.25, 0.3) is 0 Å². The molecule has 0 unspecified atom stereocenters. The summed E-state index contributed by atoms with van der Waals surface area (Å²) in [5, 5.41) is 1.76. The number of halogens is 3. The van der Waals surface area contributed by atoms with Crippen molar-refractivity contribution < 1.29 is 18.0 Å². The highest BCUT2D eigenvalue weighted by Gasteiger charge is 2.39. The van der Waals surface area contributed by atoms with Crippen LogP contribution in [0.15, 0.2) is 18.3 Å². The lowest BCUT2D eigenvalue weighted by atomic mass is 10.3. The summed E-state index contributed by atoms with van der Waals surface area (Å²) < 4.78 is 38.0. The average Bonchev–Trinajstić information content (AvgIpc) is 2.55. The lowest BCUT2D eigenvalue weighted by molar-refractivity contribution is -0.167. The molecule has 0 saturated heterocycles. The number of carbonyl (C=O) groups excluding carboxylic acids is 1. The van der Waals surface area contributed by atoms with Crippen molar-refractivity contribution in [1.82, 2.24) is 9.38 Å². The van der Waals surface area contributed by atoms with E-state index in [9.17, 15) is 18.0 Å². The number of nitrogens with one attached hydrogen (secondary N) is 1.